The maximum atomic E-state index is 12.5. The molecule has 5 nitrogen and oxygen atoms in total. The van der Waals surface area contributed by atoms with E-state index < -0.39 is 0 Å². The van der Waals surface area contributed by atoms with Crippen LogP contribution >= 0.6 is 0 Å². The van der Waals surface area contributed by atoms with Crippen molar-refractivity contribution in [2.24, 2.45) is 0 Å². The Bertz CT molecular complexity index is 726. The van der Waals surface area contributed by atoms with Gasteiger partial charge in [0.15, 0.2) is 0 Å². The Kier molecular flexibility index (Phi) is 6.57. The van der Waals surface area contributed by atoms with E-state index >= 15 is 0 Å². The molecule has 2 amide bonds. The smallest absolute Gasteiger partial charge is 0.259 e. The van der Waals surface area contributed by atoms with Crippen molar-refractivity contribution in [1.29, 1.82) is 0 Å². The summed E-state index contributed by atoms with van der Waals surface area (Å²) in [4.78, 5) is 25.5. The molecular weight excluding hydrogens is 316 g/mol. The zero-order valence-electron chi connectivity index (χ0n) is 14.9. The average Bonchev–Trinajstić information content (AvgIpc) is 2.62. The molecule has 0 heterocycles. The fraction of sp³-hybridized carbons (Fsp3) is 0.300. The van der Waals surface area contributed by atoms with Gasteiger partial charge in [-0.25, -0.2) is 0 Å². The molecule has 0 unspecified atom stereocenters. The number of nitrogens with zero attached hydrogens (tertiary/aromatic N) is 1. The molecule has 2 aromatic carbocycles. The summed E-state index contributed by atoms with van der Waals surface area (Å²) in [5.41, 5.74) is 1.94. The van der Waals surface area contributed by atoms with Crippen LogP contribution in [0.25, 0.3) is 0 Å². The number of nitrogens with one attached hydrogen (secondary N) is 1. The third-order valence-electron chi connectivity index (χ3n) is 3.87. The number of carbonyl (C=O) groups excluding carboxylic acids is 2. The number of anilines is 2. The number of rotatable bonds is 7. The van der Waals surface area contributed by atoms with Gasteiger partial charge >= 0.3 is 0 Å². The Morgan fingerprint density at radius 1 is 1.08 bits per heavy atom. The van der Waals surface area contributed by atoms with Crippen molar-refractivity contribution in [3.63, 3.8) is 0 Å². The Hall–Kier alpha value is -2.82. The molecule has 25 heavy (non-hydrogen) atoms. The van der Waals surface area contributed by atoms with Gasteiger partial charge in [0.05, 0.1) is 12.2 Å². The summed E-state index contributed by atoms with van der Waals surface area (Å²) < 4.78 is 5.71. The first-order valence-electron chi connectivity index (χ1n) is 8.40. The molecule has 2 aromatic rings. The predicted molar refractivity (Wildman–Crippen MR) is 100 cm³/mol. The Morgan fingerprint density at radius 2 is 1.76 bits per heavy atom. The lowest BCUT2D eigenvalue weighted by molar-refractivity contribution is -0.116. The molecule has 0 aliphatic heterocycles. The number of benzene rings is 2. The second-order valence-electron chi connectivity index (χ2n) is 5.78. The minimum absolute atomic E-state index is 0.0464. The lowest BCUT2D eigenvalue weighted by Crippen LogP contribution is -2.22. The molecule has 0 atom stereocenters. The van der Waals surface area contributed by atoms with Crippen molar-refractivity contribution in [3.05, 3.63) is 54.1 Å². The van der Waals surface area contributed by atoms with Crippen LogP contribution in [0, 0.1) is 0 Å². The van der Waals surface area contributed by atoms with Crippen LogP contribution in [-0.2, 0) is 4.79 Å². The first kappa shape index (κ1) is 18.5. The maximum Gasteiger partial charge on any atom is 0.259 e. The highest BCUT2D eigenvalue weighted by Gasteiger charge is 2.13. The Morgan fingerprint density at radius 3 is 2.40 bits per heavy atom. The van der Waals surface area contributed by atoms with E-state index in [-0.39, 0.29) is 11.8 Å². The van der Waals surface area contributed by atoms with E-state index in [0.717, 1.165) is 18.5 Å². The summed E-state index contributed by atoms with van der Waals surface area (Å²) in [6, 6.07) is 14.3. The van der Waals surface area contributed by atoms with Crippen molar-refractivity contribution in [2.75, 3.05) is 23.9 Å². The first-order chi connectivity index (χ1) is 12.0. The summed E-state index contributed by atoms with van der Waals surface area (Å²) in [6.45, 7) is 4.19. The zero-order valence-corrected chi connectivity index (χ0v) is 14.9. The lowest BCUT2D eigenvalue weighted by Gasteiger charge is -2.15. The van der Waals surface area contributed by atoms with Gasteiger partial charge in [-0.15, -0.1) is 0 Å². The van der Waals surface area contributed by atoms with Crippen LogP contribution in [0.5, 0.6) is 5.75 Å². The minimum atomic E-state index is -0.222. The molecule has 0 aromatic heterocycles. The predicted octanol–water partition coefficient (Wildman–Crippen LogP) is 4.10. The van der Waals surface area contributed by atoms with E-state index in [9.17, 15) is 9.59 Å². The van der Waals surface area contributed by atoms with Crippen LogP contribution in [0.2, 0.25) is 0 Å². The number of unbranched alkanes of at least 4 members (excludes halogenated alkanes) is 1. The van der Waals surface area contributed by atoms with Gasteiger partial charge in [-0.3, -0.25) is 9.59 Å². The third-order valence-corrected chi connectivity index (χ3v) is 3.87. The molecule has 0 spiro atoms. The monoisotopic (exact) mass is 340 g/mol. The topological polar surface area (TPSA) is 58.6 Å². The molecule has 0 bridgehead atoms. The number of hydrogen-bond donors (Lipinski definition) is 1. The van der Waals surface area contributed by atoms with Crippen LogP contribution in [0.1, 0.15) is 37.0 Å². The molecule has 0 aliphatic rings. The number of hydrogen-bond acceptors (Lipinski definition) is 3. The first-order valence-corrected chi connectivity index (χ1v) is 8.40. The minimum Gasteiger partial charge on any atom is -0.493 e. The van der Waals surface area contributed by atoms with Gasteiger partial charge in [-0.05, 0) is 42.8 Å². The Labute approximate surface area is 148 Å². The molecule has 2 rings (SSSR count). The van der Waals surface area contributed by atoms with Gasteiger partial charge in [-0.2, -0.15) is 0 Å². The van der Waals surface area contributed by atoms with E-state index in [0.29, 0.717) is 23.6 Å². The molecule has 0 saturated carbocycles. The molecule has 5 heteroatoms. The average molecular weight is 340 g/mol. The van der Waals surface area contributed by atoms with Crippen LogP contribution in [0.15, 0.2) is 48.5 Å². The SMILES string of the molecule is CCCCOc1ccccc1C(=O)Nc1ccc(N(C)C(C)=O)cc1. The molecule has 1 N–H and O–H groups in total. The van der Waals surface area contributed by atoms with Gasteiger partial charge in [0, 0.05) is 25.3 Å². The second-order valence-corrected chi connectivity index (χ2v) is 5.78. The number of amides is 2. The summed E-state index contributed by atoms with van der Waals surface area (Å²) in [5, 5.41) is 2.86. The van der Waals surface area contributed by atoms with Crippen LogP contribution in [-0.4, -0.2) is 25.5 Å². The molecule has 0 saturated heterocycles. The van der Waals surface area contributed by atoms with E-state index in [1.165, 1.54) is 6.92 Å². The highest BCUT2D eigenvalue weighted by atomic mass is 16.5. The Balaban J connectivity index is 2.08. The lowest BCUT2D eigenvalue weighted by atomic mass is 10.1. The highest BCUT2D eigenvalue weighted by Crippen LogP contribution is 2.21. The quantitative estimate of drug-likeness (QED) is 0.772. The van der Waals surface area contributed by atoms with Gasteiger partial charge in [0.25, 0.3) is 5.91 Å². The summed E-state index contributed by atoms with van der Waals surface area (Å²) in [6.07, 6.45) is 1.98. The van der Waals surface area contributed by atoms with Crippen LogP contribution in [0.3, 0.4) is 0 Å². The van der Waals surface area contributed by atoms with Crippen molar-refractivity contribution in [1.82, 2.24) is 0 Å². The zero-order chi connectivity index (χ0) is 18.2. The molecule has 0 radical (unpaired) electrons. The highest BCUT2D eigenvalue weighted by molar-refractivity contribution is 6.06. The maximum absolute atomic E-state index is 12.5. The number of ether oxygens (including phenoxy) is 1. The summed E-state index contributed by atoms with van der Waals surface area (Å²) in [7, 11) is 1.71. The van der Waals surface area contributed by atoms with Gasteiger partial charge < -0.3 is 15.0 Å². The summed E-state index contributed by atoms with van der Waals surface area (Å²) in [5.74, 6) is 0.316. The molecular formula is C20H24N2O3. The largest absolute Gasteiger partial charge is 0.493 e. The van der Waals surface area contributed by atoms with Crippen molar-refractivity contribution >= 4 is 23.2 Å². The van der Waals surface area contributed by atoms with E-state index in [1.807, 2.05) is 12.1 Å². The van der Waals surface area contributed by atoms with E-state index in [2.05, 4.69) is 12.2 Å². The molecule has 0 aliphatic carbocycles. The number of para-hydroxylation sites is 1. The van der Waals surface area contributed by atoms with E-state index in [1.54, 1.807) is 48.3 Å². The van der Waals surface area contributed by atoms with Crippen molar-refractivity contribution in [3.8, 4) is 5.75 Å². The molecule has 132 valence electrons. The molecule has 0 fully saturated rings. The standard InChI is InChI=1S/C20H24N2O3/c1-4-5-14-25-19-9-7-6-8-18(19)20(24)21-16-10-12-17(13-11-16)22(3)15(2)23/h6-13H,4-5,14H2,1-3H3,(H,21,24). The summed E-state index contributed by atoms with van der Waals surface area (Å²) >= 11 is 0. The third kappa shape index (κ3) is 5.08. The van der Waals surface area contributed by atoms with Crippen LogP contribution < -0.4 is 15.0 Å². The second kappa shape index (κ2) is 8.87. The fourth-order valence-corrected chi connectivity index (χ4v) is 2.26. The van der Waals surface area contributed by atoms with Gasteiger partial charge in [-0.1, -0.05) is 25.5 Å². The normalized spacial score (nSPS) is 10.2. The van der Waals surface area contributed by atoms with Crippen LogP contribution in [0.4, 0.5) is 11.4 Å². The van der Waals surface area contributed by atoms with Crippen molar-refractivity contribution in [2.45, 2.75) is 26.7 Å². The van der Waals surface area contributed by atoms with Crippen molar-refractivity contribution < 1.29 is 14.3 Å². The van der Waals surface area contributed by atoms with Gasteiger partial charge in [0.2, 0.25) is 5.91 Å². The van der Waals surface area contributed by atoms with E-state index in [4.69, 9.17) is 4.74 Å². The number of carbonyl (C=O) groups is 2. The van der Waals surface area contributed by atoms with Gasteiger partial charge in [0.1, 0.15) is 5.75 Å². The fourth-order valence-electron chi connectivity index (χ4n) is 2.26.